The van der Waals surface area contributed by atoms with Crippen LogP contribution in [0.5, 0.6) is 5.75 Å². The van der Waals surface area contributed by atoms with Crippen molar-refractivity contribution in [3.63, 3.8) is 0 Å². The van der Waals surface area contributed by atoms with E-state index in [0.29, 0.717) is 11.8 Å². The Kier molecular flexibility index (Phi) is 3.72. The first-order valence-electron chi connectivity index (χ1n) is 6.65. The summed E-state index contributed by atoms with van der Waals surface area (Å²) in [6.45, 7) is 9.14. The van der Waals surface area contributed by atoms with Gasteiger partial charge in [-0.2, -0.15) is 0 Å². The number of benzene rings is 1. The van der Waals surface area contributed by atoms with Crippen LogP contribution < -0.4 is 0 Å². The van der Waals surface area contributed by atoms with E-state index < -0.39 is 0 Å². The van der Waals surface area contributed by atoms with Crippen molar-refractivity contribution in [3.05, 3.63) is 29.8 Å². The highest BCUT2D eigenvalue weighted by Gasteiger charge is 2.31. The van der Waals surface area contributed by atoms with Gasteiger partial charge in [0, 0.05) is 24.7 Å². The highest BCUT2D eigenvalue weighted by atomic mass is 16.3. The van der Waals surface area contributed by atoms with Gasteiger partial charge in [0.25, 0.3) is 0 Å². The van der Waals surface area contributed by atoms with E-state index in [0.717, 1.165) is 36.9 Å². The Hall–Kier alpha value is -1.02. The van der Waals surface area contributed by atoms with Gasteiger partial charge in [-0.1, -0.05) is 39.0 Å². The smallest absolute Gasteiger partial charge is 0.120 e. The van der Waals surface area contributed by atoms with Crippen molar-refractivity contribution >= 4 is 0 Å². The van der Waals surface area contributed by atoms with Crippen molar-refractivity contribution in [1.29, 1.82) is 0 Å². The number of phenols is 1. The van der Waals surface area contributed by atoms with E-state index in [1.165, 1.54) is 0 Å². The Morgan fingerprint density at radius 2 is 1.82 bits per heavy atom. The Morgan fingerprint density at radius 3 is 2.35 bits per heavy atom. The number of aromatic hydroxyl groups is 1. The van der Waals surface area contributed by atoms with Crippen molar-refractivity contribution in [2.45, 2.75) is 33.2 Å². The molecule has 2 nitrogen and oxygen atoms in total. The van der Waals surface area contributed by atoms with Gasteiger partial charge < -0.3 is 5.11 Å². The van der Waals surface area contributed by atoms with Gasteiger partial charge in [0.1, 0.15) is 5.75 Å². The van der Waals surface area contributed by atoms with Crippen LogP contribution >= 0.6 is 0 Å². The number of phenolic OH excluding ortho intramolecular Hbond substituents is 1. The monoisotopic (exact) mass is 233 g/mol. The maximum atomic E-state index is 9.98. The fraction of sp³-hybridized carbons (Fsp3) is 0.600. The number of para-hydroxylation sites is 1. The van der Waals surface area contributed by atoms with E-state index in [-0.39, 0.29) is 0 Å². The van der Waals surface area contributed by atoms with E-state index in [1.54, 1.807) is 6.07 Å². The normalized spacial score (nSPS) is 27.2. The molecule has 1 fully saturated rings. The molecule has 0 amide bonds. The molecule has 0 spiro atoms. The summed E-state index contributed by atoms with van der Waals surface area (Å²) in [6, 6.07) is 8.11. The van der Waals surface area contributed by atoms with Crippen molar-refractivity contribution in [3.8, 4) is 5.75 Å². The zero-order chi connectivity index (χ0) is 12.4. The van der Waals surface area contributed by atoms with Crippen LogP contribution in [0.25, 0.3) is 0 Å². The number of hydrogen-bond donors (Lipinski definition) is 1. The summed E-state index contributed by atoms with van der Waals surface area (Å²) in [5.41, 5.74) is 1.08. The Morgan fingerprint density at radius 1 is 1.24 bits per heavy atom. The average Bonchev–Trinajstić information content (AvgIpc) is 2.63. The van der Waals surface area contributed by atoms with Crippen molar-refractivity contribution in [1.82, 2.24) is 4.90 Å². The number of rotatable bonds is 3. The third-order valence-corrected chi connectivity index (χ3v) is 4.14. The molecule has 0 bridgehead atoms. The molecule has 17 heavy (non-hydrogen) atoms. The summed E-state index contributed by atoms with van der Waals surface area (Å²) < 4.78 is 0. The molecule has 0 aromatic heterocycles. The standard InChI is InChI=1S/C15H23NO/c1-4-14(13-7-5-6-8-15(13)17)16-9-11(2)12(3)10-16/h5-8,11-12,14,17H,4,9-10H2,1-3H3. The minimum atomic E-state index is 0.364. The van der Waals surface area contributed by atoms with E-state index in [1.807, 2.05) is 12.1 Å². The van der Waals surface area contributed by atoms with Gasteiger partial charge >= 0.3 is 0 Å². The summed E-state index contributed by atoms with van der Waals surface area (Å²) in [5.74, 6) is 1.95. The molecule has 0 aliphatic carbocycles. The lowest BCUT2D eigenvalue weighted by molar-refractivity contribution is 0.224. The molecule has 3 atom stereocenters. The van der Waals surface area contributed by atoms with E-state index >= 15 is 0 Å². The number of nitrogens with zero attached hydrogens (tertiary/aromatic N) is 1. The van der Waals surface area contributed by atoms with E-state index in [4.69, 9.17) is 0 Å². The molecule has 0 radical (unpaired) electrons. The van der Waals surface area contributed by atoms with Gasteiger partial charge in [-0.3, -0.25) is 4.90 Å². The van der Waals surface area contributed by atoms with Crippen LogP contribution in [0, 0.1) is 11.8 Å². The van der Waals surface area contributed by atoms with Crippen LogP contribution in [-0.2, 0) is 0 Å². The fourth-order valence-corrected chi connectivity index (χ4v) is 2.87. The first-order valence-corrected chi connectivity index (χ1v) is 6.65. The van der Waals surface area contributed by atoms with Crippen LogP contribution in [0.2, 0.25) is 0 Å². The Balaban J connectivity index is 2.20. The maximum Gasteiger partial charge on any atom is 0.120 e. The molecule has 1 aromatic rings. The predicted molar refractivity (Wildman–Crippen MR) is 71.0 cm³/mol. The van der Waals surface area contributed by atoms with E-state index in [9.17, 15) is 5.11 Å². The van der Waals surface area contributed by atoms with Gasteiger partial charge in [-0.25, -0.2) is 0 Å². The lowest BCUT2D eigenvalue weighted by atomic mass is 10.0. The van der Waals surface area contributed by atoms with Crippen molar-refractivity contribution < 1.29 is 5.11 Å². The summed E-state index contributed by atoms with van der Waals surface area (Å²) in [6.07, 6.45) is 1.05. The van der Waals surface area contributed by atoms with Crippen LogP contribution in [0.15, 0.2) is 24.3 Å². The first kappa shape index (κ1) is 12.4. The molecule has 1 N–H and O–H groups in total. The third-order valence-electron chi connectivity index (χ3n) is 4.14. The van der Waals surface area contributed by atoms with Gasteiger partial charge in [0.15, 0.2) is 0 Å². The second-order valence-electron chi connectivity index (χ2n) is 5.39. The molecule has 1 aromatic carbocycles. The second-order valence-corrected chi connectivity index (χ2v) is 5.39. The fourth-order valence-electron chi connectivity index (χ4n) is 2.87. The molecule has 1 heterocycles. The number of likely N-dealkylation sites (tertiary alicyclic amines) is 1. The van der Waals surface area contributed by atoms with Crippen molar-refractivity contribution in [2.24, 2.45) is 11.8 Å². The minimum Gasteiger partial charge on any atom is -0.508 e. The van der Waals surface area contributed by atoms with Gasteiger partial charge in [0.05, 0.1) is 0 Å². The molecule has 0 saturated carbocycles. The molecule has 3 unspecified atom stereocenters. The topological polar surface area (TPSA) is 23.5 Å². The molecular formula is C15H23NO. The van der Waals surface area contributed by atoms with Crippen LogP contribution in [0.3, 0.4) is 0 Å². The largest absolute Gasteiger partial charge is 0.508 e. The molecule has 94 valence electrons. The zero-order valence-corrected chi connectivity index (χ0v) is 11.1. The SMILES string of the molecule is CCC(c1ccccc1O)N1CC(C)C(C)C1. The average molecular weight is 233 g/mol. The lowest BCUT2D eigenvalue weighted by Crippen LogP contribution is -2.26. The summed E-state index contributed by atoms with van der Waals surface area (Å²) in [7, 11) is 0. The summed E-state index contributed by atoms with van der Waals surface area (Å²) >= 11 is 0. The minimum absolute atomic E-state index is 0.364. The van der Waals surface area contributed by atoms with E-state index in [2.05, 4.69) is 31.7 Å². The molecule has 1 aliphatic heterocycles. The Labute approximate surface area is 104 Å². The Bertz CT molecular complexity index is 367. The highest BCUT2D eigenvalue weighted by Crippen LogP contribution is 2.35. The summed E-state index contributed by atoms with van der Waals surface area (Å²) in [4.78, 5) is 2.52. The number of hydrogen-bond acceptors (Lipinski definition) is 2. The summed E-state index contributed by atoms with van der Waals surface area (Å²) in [5, 5.41) is 9.98. The van der Waals surface area contributed by atoms with Crippen LogP contribution in [0.1, 0.15) is 38.8 Å². The quantitative estimate of drug-likeness (QED) is 0.864. The van der Waals surface area contributed by atoms with Crippen LogP contribution in [-0.4, -0.2) is 23.1 Å². The van der Waals surface area contributed by atoms with Gasteiger partial charge in [-0.15, -0.1) is 0 Å². The molecule has 1 saturated heterocycles. The van der Waals surface area contributed by atoms with Crippen LogP contribution in [0.4, 0.5) is 0 Å². The zero-order valence-electron chi connectivity index (χ0n) is 11.1. The lowest BCUT2D eigenvalue weighted by Gasteiger charge is -2.27. The maximum absolute atomic E-state index is 9.98. The second kappa shape index (κ2) is 5.09. The van der Waals surface area contributed by atoms with Gasteiger partial charge in [-0.05, 0) is 24.3 Å². The molecule has 2 rings (SSSR count). The third kappa shape index (κ3) is 2.47. The van der Waals surface area contributed by atoms with Gasteiger partial charge in [0.2, 0.25) is 0 Å². The predicted octanol–water partition coefficient (Wildman–Crippen LogP) is 3.43. The highest BCUT2D eigenvalue weighted by molar-refractivity contribution is 5.34. The molecule has 2 heteroatoms. The van der Waals surface area contributed by atoms with Crippen molar-refractivity contribution in [2.75, 3.05) is 13.1 Å². The molecule has 1 aliphatic rings. The first-order chi connectivity index (χ1) is 8.13. The molecular weight excluding hydrogens is 210 g/mol.